The van der Waals surface area contributed by atoms with Gasteiger partial charge in [0, 0.05) is 30.2 Å². The molecular weight excluding hydrogens is 496 g/mol. The van der Waals surface area contributed by atoms with Crippen molar-refractivity contribution in [1.29, 1.82) is 0 Å². The van der Waals surface area contributed by atoms with Gasteiger partial charge >= 0.3 is 0 Å². The van der Waals surface area contributed by atoms with Gasteiger partial charge in [-0.25, -0.2) is 0 Å². The van der Waals surface area contributed by atoms with E-state index in [0.717, 1.165) is 37.2 Å². The van der Waals surface area contributed by atoms with Gasteiger partial charge in [0.25, 0.3) is 11.8 Å². The van der Waals surface area contributed by atoms with Gasteiger partial charge in [-0.2, -0.15) is 4.37 Å². The Kier molecular flexibility index (Phi) is 7.87. The smallest absolute Gasteiger partial charge is 0.273 e. The maximum atomic E-state index is 14.1. The largest absolute Gasteiger partial charge is 0.493 e. The van der Waals surface area contributed by atoms with Crippen molar-refractivity contribution in [2.24, 2.45) is 5.73 Å². The number of hydrogen-bond donors (Lipinski definition) is 3. The Morgan fingerprint density at radius 2 is 1.76 bits per heavy atom. The number of pyridine rings is 1. The fourth-order valence-corrected chi connectivity index (χ4v) is 5.15. The monoisotopic (exact) mass is 524 g/mol. The molecule has 2 aromatic heterocycles. The summed E-state index contributed by atoms with van der Waals surface area (Å²) >= 11 is 0.743. The summed E-state index contributed by atoms with van der Waals surface area (Å²) in [7, 11) is 2.97. The van der Waals surface area contributed by atoms with Crippen LogP contribution in [0.2, 0.25) is 0 Å². The molecule has 12 heteroatoms. The second kappa shape index (κ2) is 11.2. The van der Waals surface area contributed by atoms with E-state index in [9.17, 15) is 14.4 Å². The van der Waals surface area contributed by atoms with Crippen molar-refractivity contribution in [1.82, 2.24) is 14.7 Å². The first-order chi connectivity index (χ1) is 17.8. The van der Waals surface area contributed by atoms with Gasteiger partial charge in [-0.1, -0.05) is 12.8 Å². The molecule has 0 unspecified atom stereocenters. The number of nitrogen functional groups attached to an aromatic ring is 1. The highest BCUT2D eigenvalue weighted by Gasteiger charge is 2.37. The summed E-state index contributed by atoms with van der Waals surface area (Å²) in [5.41, 5.74) is 12.0. The predicted octanol–water partition coefficient (Wildman–Crippen LogP) is 2.68. The van der Waals surface area contributed by atoms with Crippen molar-refractivity contribution in [2.75, 3.05) is 24.9 Å². The Morgan fingerprint density at radius 3 is 2.35 bits per heavy atom. The number of carbonyl (C=O) groups excluding carboxylic acids is 3. The van der Waals surface area contributed by atoms with E-state index in [1.54, 1.807) is 42.7 Å². The molecule has 1 aromatic carbocycles. The van der Waals surface area contributed by atoms with E-state index >= 15 is 0 Å². The van der Waals surface area contributed by atoms with E-state index in [2.05, 4.69) is 14.7 Å². The average Bonchev–Trinajstić information content (AvgIpc) is 3.56. The zero-order valence-electron chi connectivity index (χ0n) is 20.5. The van der Waals surface area contributed by atoms with Gasteiger partial charge < -0.3 is 26.3 Å². The molecule has 1 atom stereocenters. The Hall–Kier alpha value is -4.19. The van der Waals surface area contributed by atoms with Gasteiger partial charge in [0.15, 0.2) is 17.2 Å². The van der Waals surface area contributed by atoms with Crippen LogP contribution >= 0.6 is 11.5 Å². The van der Waals surface area contributed by atoms with Crippen molar-refractivity contribution < 1.29 is 23.9 Å². The molecule has 0 spiro atoms. The van der Waals surface area contributed by atoms with Gasteiger partial charge in [0.2, 0.25) is 5.91 Å². The van der Waals surface area contributed by atoms with E-state index in [1.165, 1.54) is 19.1 Å². The number of hydrogen-bond acceptors (Lipinski definition) is 9. The molecule has 0 aliphatic heterocycles. The number of primary amides is 1. The van der Waals surface area contributed by atoms with Crippen LogP contribution in [0.4, 0.5) is 11.4 Å². The molecule has 3 amide bonds. The van der Waals surface area contributed by atoms with Gasteiger partial charge in [-0.3, -0.25) is 24.3 Å². The molecule has 194 valence electrons. The molecule has 2 heterocycles. The zero-order valence-corrected chi connectivity index (χ0v) is 21.3. The summed E-state index contributed by atoms with van der Waals surface area (Å²) in [6, 6.07) is 7.14. The van der Waals surface area contributed by atoms with Crippen LogP contribution in [0.3, 0.4) is 0 Å². The fourth-order valence-electron chi connectivity index (χ4n) is 4.41. The lowest BCUT2D eigenvalue weighted by Crippen LogP contribution is -2.46. The number of rotatable bonds is 9. The minimum absolute atomic E-state index is 0.00845. The first-order valence-corrected chi connectivity index (χ1v) is 12.4. The van der Waals surface area contributed by atoms with Crippen LogP contribution in [0.25, 0.3) is 0 Å². The summed E-state index contributed by atoms with van der Waals surface area (Å²) in [4.78, 5) is 45.1. The number of benzene rings is 1. The molecule has 11 nitrogen and oxygen atoms in total. The Labute approximate surface area is 217 Å². The molecule has 4 rings (SSSR count). The van der Waals surface area contributed by atoms with Gasteiger partial charge in [-0.05, 0) is 54.2 Å². The number of ether oxygens (including phenoxy) is 2. The lowest BCUT2D eigenvalue weighted by Gasteiger charge is -2.32. The topological polar surface area (TPSA) is 163 Å². The summed E-state index contributed by atoms with van der Waals surface area (Å²) < 4.78 is 14.8. The van der Waals surface area contributed by atoms with Crippen molar-refractivity contribution in [3.8, 4) is 11.5 Å². The molecule has 1 aliphatic rings. The van der Waals surface area contributed by atoms with Crippen molar-refractivity contribution in [3.63, 3.8) is 0 Å². The van der Waals surface area contributed by atoms with Crippen LogP contribution in [0.5, 0.6) is 11.5 Å². The minimum Gasteiger partial charge on any atom is -0.493 e. The molecule has 1 saturated carbocycles. The number of aromatic nitrogens is 2. The molecular formula is C25H28N6O5S. The summed E-state index contributed by atoms with van der Waals surface area (Å²) in [6.07, 6.45) is 6.88. The van der Waals surface area contributed by atoms with Crippen molar-refractivity contribution in [2.45, 2.75) is 37.8 Å². The van der Waals surface area contributed by atoms with E-state index in [0.29, 0.717) is 22.7 Å². The highest BCUT2D eigenvalue weighted by molar-refractivity contribution is 7.09. The van der Waals surface area contributed by atoms with Crippen LogP contribution in [0.15, 0.2) is 42.7 Å². The third kappa shape index (κ3) is 5.33. The second-order valence-corrected chi connectivity index (χ2v) is 9.30. The highest BCUT2D eigenvalue weighted by atomic mass is 32.1. The normalized spacial score (nSPS) is 14.1. The predicted molar refractivity (Wildman–Crippen MR) is 139 cm³/mol. The first-order valence-electron chi connectivity index (χ1n) is 11.7. The van der Waals surface area contributed by atoms with Crippen LogP contribution in [0.1, 0.15) is 57.4 Å². The maximum absolute atomic E-state index is 14.1. The maximum Gasteiger partial charge on any atom is 0.273 e. The Bertz CT molecular complexity index is 1290. The number of methoxy groups -OCH3 is 2. The SMILES string of the molecule is COc1ccc(N(C(=O)c2snc(C(N)=O)c2N)[C@H](C(=O)NC2CCCC2)c2ccncc2)cc1OC. The number of nitrogens with one attached hydrogen (secondary N) is 1. The van der Waals surface area contributed by atoms with E-state index in [-0.39, 0.29) is 28.2 Å². The molecule has 0 saturated heterocycles. The molecule has 0 radical (unpaired) electrons. The number of carbonyl (C=O) groups is 3. The van der Waals surface area contributed by atoms with Crippen LogP contribution in [-0.2, 0) is 4.79 Å². The number of anilines is 2. The van der Waals surface area contributed by atoms with Crippen LogP contribution < -0.4 is 31.2 Å². The van der Waals surface area contributed by atoms with E-state index in [4.69, 9.17) is 20.9 Å². The summed E-state index contributed by atoms with van der Waals surface area (Å²) in [5.74, 6) is -1.03. The third-order valence-corrected chi connectivity index (χ3v) is 7.10. The molecule has 1 fully saturated rings. The number of amides is 3. The van der Waals surface area contributed by atoms with Gasteiger partial charge in [-0.15, -0.1) is 0 Å². The second-order valence-electron chi connectivity index (χ2n) is 8.53. The fraction of sp³-hybridized carbons (Fsp3) is 0.320. The van der Waals surface area contributed by atoms with Gasteiger partial charge in [0.1, 0.15) is 10.9 Å². The molecule has 37 heavy (non-hydrogen) atoms. The van der Waals surface area contributed by atoms with Crippen molar-refractivity contribution >= 4 is 40.6 Å². The summed E-state index contributed by atoms with van der Waals surface area (Å²) in [5, 5.41) is 3.10. The molecule has 5 N–H and O–H groups in total. The minimum atomic E-state index is -1.09. The average molecular weight is 525 g/mol. The highest BCUT2D eigenvalue weighted by Crippen LogP contribution is 2.38. The molecule has 3 aromatic rings. The lowest BCUT2D eigenvalue weighted by atomic mass is 10.0. The standard InChI is InChI=1S/C25H28N6O5S/c1-35-17-8-7-16(13-18(17)36-2)31(25(34)22-19(26)20(23(27)32)30-37-22)21(14-9-11-28-12-10-14)24(33)29-15-5-3-4-6-15/h7-13,15,21H,3-6,26H2,1-2H3,(H2,27,32)(H,29,33)/t21-/m0/s1. The molecule has 0 bridgehead atoms. The van der Waals surface area contributed by atoms with Crippen molar-refractivity contribution in [3.05, 3.63) is 58.9 Å². The van der Waals surface area contributed by atoms with E-state index in [1.807, 2.05) is 0 Å². The number of nitrogens with zero attached hydrogens (tertiary/aromatic N) is 3. The first kappa shape index (κ1) is 25.9. The zero-order chi connectivity index (χ0) is 26.5. The van der Waals surface area contributed by atoms with Crippen LogP contribution in [0, 0.1) is 0 Å². The molecule has 1 aliphatic carbocycles. The van der Waals surface area contributed by atoms with E-state index < -0.39 is 17.9 Å². The number of nitrogens with two attached hydrogens (primary N) is 2. The Morgan fingerprint density at radius 1 is 1.08 bits per heavy atom. The third-order valence-electron chi connectivity index (χ3n) is 6.25. The Balaban J connectivity index is 1.88. The quantitative estimate of drug-likeness (QED) is 0.385. The van der Waals surface area contributed by atoms with Crippen LogP contribution in [-0.4, -0.2) is 47.3 Å². The lowest BCUT2D eigenvalue weighted by molar-refractivity contribution is -0.123. The summed E-state index contributed by atoms with van der Waals surface area (Å²) in [6.45, 7) is 0. The van der Waals surface area contributed by atoms with Gasteiger partial charge in [0.05, 0.1) is 19.9 Å².